The van der Waals surface area contributed by atoms with Crippen molar-refractivity contribution in [2.45, 2.75) is 6.92 Å². The number of ether oxygens (including phenoxy) is 1. The molecule has 0 aliphatic heterocycles. The number of benzene rings is 2. The molecule has 0 saturated carbocycles. The zero-order chi connectivity index (χ0) is 21.0. The molecular formula is C20H20ClN5O3. The fourth-order valence-electron chi connectivity index (χ4n) is 2.75. The summed E-state index contributed by atoms with van der Waals surface area (Å²) in [5, 5.41) is 11.3. The molecular weight excluding hydrogens is 394 g/mol. The first-order valence-corrected chi connectivity index (χ1v) is 9.14. The minimum absolute atomic E-state index is 0.142. The molecule has 0 bridgehead atoms. The number of carbonyl (C=O) groups is 2. The highest BCUT2D eigenvalue weighted by atomic mass is 35.5. The first kappa shape index (κ1) is 20.3. The first-order chi connectivity index (χ1) is 13.9. The molecule has 2 aromatic carbocycles. The second kappa shape index (κ2) is 8.74. The van der Waals surface area contributed by atoms with Gasteiger partial charge in [-0.25, -0.2) is 4.68 Å². The van der Waals surface area contributed by atoms with Crippen LogP contribution in [0.2, 0.25) is 5.02 Å². The number of anilines is 1. The lowest BCUT2D eigenvalue weighted by atomic mass is 10.2. The Bertz CT molecular complexity index is 1050. The fourth-order valence-corrected chi connectivity index (χ4v) is 2.94. The molecule has 1 aromatic heterocycles. The van der Waals surface area contributed by atoms with Crippen molar-refractivity contribution in [3.05, 3.63) is 64.9 Å². The molecule has 29 heavy (non-hydrogen) atoms. The molecule has 0 atom stereocenters. The molecule has 0 aliphatic rings. The number of hydrogen-bond donors (Lipinski definition) is 1. The van der Waals surface area contributed by atoms with Gasteiger partial charge in [-0.2, -0.15) is 0 Å². The number of nitrogens with one attached hydrogen (secondary N) is 1. The lowest BCUT2D eigenvalue weighted by Gasteiger charge is -2.16. The van der Waals surface area contributed by atoms with Crippen LogP contribution >= 0.6 is 11.6 Å². The van der Waals surface area contributed by atoms with Gasteiger partial charge in [-0.1, -0.05) is 28.9 Å². The maximum Gasteiger partial charge on any atom is 0.276 e. The maximum absolute atomic E-state index is 12.8. The summed E-state index contributed by atoms with van der Waals surface area (Å²) in [4.78, 5) is 26.3. The normalized spacial score (nSPS) is 10.5. The van der Waals surface area contributed by atoms with Crippen LogP contribution in [0.5, 0.6) is 5.75 Å². The molecule has 8 nitrogen and oxygen atoms in total. The second-order valence-corrected chi connectivity index (χ2v) is 6.79. The van der Waals surface area contributed by atoms with Crippen molar-refractivity contribution in [3.63, 3.8) is 0 Å². The third kappa shape index (κ3) is 4.72. The van der Waals surface area contributed by atoms with Crippen LogP contribution in [0, 0.1) is 6.92 Å². The van der Waals surface area contributed by atoms with Crippen molar-refractivity contribution in [2.24, 2.45) is 0 Å². The Morgan fingerprint density at radius 3 is 2.69 bits per heavy atom. The molecule has 2 amide bonds. The van der Waals surface area contributed by atoms with Gasteiger partial charge in [0, 0.05) is 23.8 Å². The van der Waals surface area contributed by atoms with Gasteiger partial charge in [0.2, 0.25) is 5.91 Å². The van der Waals surface area contributed by atoms with Gasteiger partial charge >= 0.3 is 0 Å². The minimum atomic E-state index is -0.405. The van der Waals surface area contributed by atoms with E-state index in [1.54, 1.807) is 49.0 Å². The number of likely N-dealkylation sites (N-methyl/N-ethyl adjacent to an activating group) is 1. The van der Waals surface area contributed by atoms with Crippen molar-refractivity contribution >= 4 is 29.1 Å². The standard InChI is InChI=1S/C20H20ClN5O3/c1-13-19(23-24-26(13)16-8-5-9-17(11-16)29-3)20(28)25(2)12-18(27)22-15-7-4-6-14(21)10-15/h4-11H,12H2,1-3H3,(H,22,27). The van der Waals surface area contributed by atoms with Crippen molar-refractivity contribution in [3.8, 4) is 11.4 Å². The summed E-state index contributed by atoms with van der Waals surface area (Å²) in [7, 11) is 3.11. The predicted octanol–water partition coefficient (Wildman–Crippen LogP) is 2.95. The molecule has 150 valence electrons. The van der Waals surface area contributed by atoms with Crippen LogP contribution < -0.4 is 10.1 Å². The smallest absolute Gasteiger partial charge is 0.276 e. The maximum atomic E-state index is 12.8. The van der Waals surface area contributed by atoms with Crippen molar-refractivity contribution in [1.82, 2.24) is 19.9 Å². The van der Waals surface area contributed by atoms with Crippen LogP contribution in [0.15, 0.2) is 48.5 Å². The molecule has 0 radical (unpaired) electrons. The van der Waals surface area contributed by atoms with Crippen LogP contribution in [-0.2, 0) is 4.79 Å². The summed E-state index contributed by atoms with van der Waals surface area (Å²) in [6.45, 7) is 1.60. The van der Waals surface area contributed by atoms with E-state index >= 15 is 0 Å². The van der Waals surface area contributed by atoms with Crippen LogP contribution in [0.3, 0.4) is 0 Å². The zero-order valence-electron chi connectivity index (χ0n) is 16.2. The first-order valence-electron chi connectivity index (χ1n) is 8.76. The molecule has 1 heterocycles. The number of nitrogens with zero attached hydrogens (tertiary/aromatic N) is 4. The summed E-state index contributed by atoms with van der Waals surface area (Å²) in [6.07, 6.45) is 0. The second-order valence-electron chi connectivity index (χ2n) is 6.36. The summed E-state index contributed by atoms with van der Waals surface area (Å²) in [6, 6.07) is 14.0. The van der Waals surface area contributed by atoms with E-state index in [9.17, 15) is 9.59 Å². The zero-order valence-corrected chi connectivity index (χ0v) is 17.0. The molecule has 0 saturated heterocycles. The summed E-state index contributed by atoms with van der Waals surface area (Å²) in [5.74, 6) is -0.0843. The van der Waals surface area contributed by atoms with Crippen LogP contribution in [0.25, 0.3) is 5.69 Å². The van der Waals surface area contributed by atoms with E-state index in [0.717, 1.165) is 5.69 Å². The van der Waals surface area contributed by atoms with E-state index in [2.05, 4.69) is 15.6 Å². The Balaban J connectivity index is 1.71. The van der Waals surface area contributed by atoms with Crippen molar-refractivity contribution in [2.75, 3.05) is 26.0 Å². The van der Waals surface area contributed by atoms with Crippen LogP contribution in [0.1, 0.15) is 16.2 Å². The molecule has 3 rings (SSSR count). The number of aromatic nitrogens is 3. The van der Waals surface area contributed by atoms with Crippen molar-refractivity contribution < 1.29 is 14.3 Å². The van der Waals surface area contributed by atoms with Crippen LogP contribution in [0.4, 0.5) is 5.69 Å². The quantitative estimate of drug-likeness (QED) is 0.671. The molecule has 0 spiro atoms. The Labute approximate surface area is 173 Å². The number of hydrogen-bond acceptors (Lipinski definition) is 5. The Morgan fingerprint density at radius 1 is 1.21 bits per heavy atom. The van der Waals surface area contributed by atoms with Gasteiger partial charge in [-0.05, 0) is 37.3 Å². The highest BCUT2D eigenvalue weighted by molar-refractivity contribution is 6.30. The fraction of sp³-hybridized carbons (Fsp3) is 0.200. The van der Waals surface area contributed by atoms with E-state index in [1.165, 1.54) is 11.9 Å². The molecule has 3 aromatic rings. The number of amides is 2. The molecule has 0 aliphatic carbocycles. The number of halogens is 1. The lowest BCUT2D eigenvalue weighted by Crippen LogP contribution is -2.35. The number of rotatable bonds is 6. The molecule has 0 fully saturated rings. The topological polar surface area (TPSA) is 89.3 Å². The minimum Gasteiger partial charge on any atom is -0.497 e. The summed E-state index contributed by atoms with van der Waals surface area (Å²) < 4.78 is 6.77. The van der Waals surface area contributed by atoms with Gasteiger partial charge in [-0.3, -0.25) is 9.59 Å². The van der Waals surface area contributed by atoms with Gasteiger partial charge in [0.1, 0.15) is 5.75 Å². The van der Waals surface area contributed by atoms with Gasteiger partial charge in [0.15, 0.2) is 5.69 Å². The van der Waals surface area contributed by atoms with Gasteiger partial charge in [-0.15, -0.1) is 5.10 Å². The van der Waals surface area contributed by atoms with E-state index in [-0.39, 0.29) is 18.1 Å². The van der Waals surface area contributed by atoms with E-state index in [0.29, 0.717) is 22.2 Å². The average Bonchev–Trinajstić information content (AvgIpc) is 3.08. The van der Waals surface area contributed by atoms with E-state index in [4.69, 9.17) is 16.3 Å². The predicted molar refractivity (Wildman–Crippen MR) is 110 cm³/mol. The monoisotopic (exact) mass is 413 g/mol. The molecule has 1 N–H and O–H groups in total. The number of methoxy groups -OCH3 is 1. The van der Waals surface area contributed by atoms with Gasteiger partial charge in [0.05, 0.1) is 25.0 Å². The molecule has 9 heteroatoms. The Kier molecular flexibility index (Phi) is 6.13. The van der Waals surface area contributed by atoms with E-state index < -0.39 is 5.91 Å². The van der Waals surface area contributed by atoms with E-state index in [1.807, 2.05) is 18.2 Å². The summed E-state index contributed by atoms with van der Waals surface area (Å²) in [5.41, 5.74) is 2.01. The van der Waals surface area contributed by atoms with Crippen LogP contribution in [-0.4, -0.2) is 52.4 Å². The highest BCUT2D eigenvalue weighted by Gasteiger charge is 2.22. The third-order valence-electron chi connectivity index (χ3n) is 4.23. The lowest BCUT2D eigenvalue weighted by molar-refractivity contribution is -0.116. The largest absolute Gasteiger partial charge is 0.497 e. The Morgan fingerprint density at radius 2 is 1.97 bits per heavy atom. The van der Waals surface area contributed by atoms with Gasteiger partial charge < -0.3 is 15.0 Å². The SMILES string of the molecule is COc1cccc(-n2nnc(C(=O)N(C)CC(=O)Nc3cccc(Cl)c3)c2C)c1. The number of carbonyl (C=O) groups excluding carboxylic acids is 2. The third-order valence-corrected chi connectivity index (χ3v) is 4.47. The molecule has 0 unspecified atom stereocenters. The van der Waals surface area contributed by atoms with Crippen molar-refractivity contribution in [1.29, 1.82) is 0 Å². The average molecular weight is 414 g/mol. The Hall–Kier alpha value is -3.39. The highest BCUT2D eigenvalue weighted by Crippen LogP contribution is 2.19. The summed E-state index contributed by atoms with van der Waals surface area (Å²) >= 11 is 5.91. The van der Waals surface area contributed by atoms with Gasteiger partial charge in [0.25, 0.3) is 5.91 Å².